The van der Waals surface area contributed by atoms with E-state index in [4.69, 9.17) is 4.74 Å². The minimum absolute atomic E-state index is 0.111. The highest BCUT2D eigenvalue weighted by atomic mass is 16.6. The number of rotatable bonds is 3. The van der Waals surface area contributed by atoms with Gasteiger partial charge in [0.25, 0.3) is 0 Å². The maximum absolute atomic E-state index is 11.8. The second-order valence-corrected chi connectivity index (χ2v) is 5.32. The number of esters is 1. The number of hydrogen-bond acceptors (Lipinski definition) is 3. The number of benzene rings is 1. The van der Waals surface area contributed by atoms with Gasteiger partial charge in [-0.05, 0) is 33.8 Å². The number of carbonyl (C=O) groups excluding carboxylic acids is 1. The van der Waals surface area contributed by atoms with E-state index < -0.39 is 11.6 Å². The predicted molar refractivity (Wildman–Crippen MR) is 77.7 cm³/mol. The Balaban J connectivity index is 3.03. The summed E-state index contributed by atoms with van der Waals surface area (Å²) in [4.78, 5) is 11.8. The molecule has 0 atom stereocenters. The maximum Gasteiger partial charge on any atom is 0.334 e. The minimum atomic E-state index is -0.531. The third-order valence-corrected chi connectivity index (χ3v) is 2.41. The van der Waals surface area contributed by atoms with Crippen LogP contribution >= 0.6 is 0 Å². The summed E-state index contributed by atoms with van der Waals surface area (Å²) in [6.07, 6.45) is 3.17. The number of phenols is 1. The Morgan fingerprint density at radius 3 is 2.42 bits per heavy atom. The molecule has 3 heteroatoms. The summed E-state index contributed by atoms with van der Waals surface area (Å²) < 4.78 is 5.26. The zero-order chi connectivity index (χ0) is 14.6. The molecule has 0 heterocycles. The van der Waals surface area contributed by atoms with E-state index in [1.54, 1.807) is 37.3 Å². The van der Waals surface area contributed by atoms with E-state index in [0.29, 0.717) is 16.7 Å². The third kappa shape index (κ3) is 4.28. The smallest absolute Gasteiger partial charge is 0.334 e. The van der Waals surface area contributed by atoms with Crippen molar-refractivity contribution in [3.63, 3.8) is 0 Å². The van der Waals surface area contributed by atoms with E-state index in [1.807, 2.05) is 20.8 Å². The molecule has 0 spiro atoms. The lowest BCUT2D eigenvalue weighted by atomic mass is 10.1. The summed E-state index contributed by atoms with van der Waals surface area (Å²) in [6, 6.07) is 5.28. The summed E-state index contributed by atoms with van der Waals surface area (Å²) in [5.74, 6) is -0.281. The Morgan fingerprint density at radius 1 is 1.32 bits per heavy atom. The minimum Gasteiger partial charge on any atom is -0.507 e. The fraction of sp³-hybridized carbons (Fsp3) is 0.312. The first-order chi connectivity index (χ1) is 8.74. The largest absolute Gasteiger partial charge is 0.507 e. The van der Waals surface area contributed by atoms with Crippen molar-refractivity contribution in [2.75, 3.05) is 0 Å². The summed E-state index contributed by atoms with van der Waals surface area (Å²) in [5.41, 5.74) is 1.11. The van der Waals surface area contributed by atoms with Gasteiger partial charge in [-0.1, -0.05) is 30.9 Å². The van der Waals surface area contributed by atoms with Crippen LogP contribution in [0.1, 0.15) is 38.8 Å². The lowest BCUT2D eigenvalue weighted by molar-refractivity contribution is -0.149. The van der Waals surface area contributed by atoms with E-state index >= 15 is 0 Å². The van der Waals surface area contributed by atoms with Gasteiger partial charge in [-0.15, -0.1) is 0 Å². The Hall–Kier alpha value is -2.03. The van der Waals surface area contributed by atoms with Crippen LogP contribution in [0.2, 0.25) is 0 Å². The molecule has 19 heavy (non-hydrogen) atoms. The van der Waals surface area contributed by atoms with Crippen LogP contribution in [0, 0.1) is 0 Å². The number of hydrogen-bond donors (Lipinski definition) is 1. The average molecular weight is 260 g/mol. The van der Waals surface area contributed by atoms with Crippen LogP contribution in [0.4, 0.5) is 0 Å². The molecular weight excluding hydrogens is 240 g/mol. The second kappa shape index (κ2) is 5.74. The van der Waals surface area contributed by atoms with Crippen molar-refractivity contribution < 1.29 is 14.6 Å². The van der Waals surface area contributed by atoms with E-state index in [-0.39, 0.29) is 5.75 Å². The summed E-state index contributed by atoms with van der Waals surface area (Å²) in [6.45, 7) is 10.7. The molecule has 102 valence electrons. The van der Waals surface area contributed by atoms with Gasteiger partial charge < -0.3 is 9.84 Å². The highest BCUT2D eigenvalue weighted by molar-refractivity contribution is 5.93. The molecule has 0 amide bonds. The standard InChI is InChI=1S/C16H20O3/c1-6-12-8-7-9-13(14(12)17)10-11(2)15(18)19-16(3,4)5/h6-10,17H,1H2,2-5H3/b11-10+. The van der Waals surface area contributed by atoms with Crippen molar-refractivity contribution in [1.82, 2.24) is 0 Å². The lowest BCUT2D eigenvalue weighted by Crippen LogP contribution is -2.24. The molecule has 0 aromatic heterocycles. The van der Waals surface area contributed by atoms with Gasteiger partial charge in [-0.3, -0.25) is 0 Å². The Morgan fingerprint density at radius 2 is 1.89 bits per heavy atom. The molecule has 0 radical (unpaired) electrons. The molecule has 1 N–H and O–H groups in total. The molecular formula is C16H20O3. The first-order valence-corrected chi connectivity index (χ1v) is 6.10. The molecule has 1 rings (SSSR count). The van der Waals surface area contributed by atoms with E-state index in [0.717, 1.165) is 0 Å². The summed E-state index contributed by atoms with van der Waals surface area (Å²) in [7, 11) is 0. The summed E-state index contributed by atoms with van der Waals surface area (Å²) >= 11 is 0. The average Bonchev–Trinajstić information content (AvgIpc) is 2.29. The van der Waals surface area contributed by atoms with Crippen molar-refractivity contribution in [2.45, 2.75) is 33.3 Å². The van der Waals surface area contributed by atoms with Crippen molar-refractivity contribution in [1.29, 1.82) is 0 Å². The van der Waals surface area contributed by atoms with Gasteiger partial charge in [0, 0.05) is 16.7 Å². The summed E-state index contributed by atoms with van der Waals surface area (Å²) in [5, 5.41) is 9.98. The third-order valence-electron chi connectivity index (χ3n) is 2.41. The van der Waals surface area contributed by atoms with Crippen molar-refractivity contribution in [3.05, 3.63) is 41.5 Å². The predicted octanol–water partition coefficient (Wildman–Crippen LogP) is 3.78. The molecule has 0 unspecified atom stereocenters. The highest BCUT2D eigenvalue weighted by Crippen LogP contribution is 2.26. The number of para-hydroxylation sites is 1. The van der Waals surface area contributed by atoms with Crippen LogP contribution in [0.25, 0.3) is 12.2 Å². The van der Waals surface area contributed by atoms with Crippen LogP contribution < -0.4 is 0 Å². The number of carbonyl (C=O) groups is 1. The van der Waals surface area contributed by atoms with Crippen LogP contribution in [-0.4, -0.2) is 16.7 Å². The second-order valence-electron chi connectivity index (χ2n) is 5.32. The zero-order valence-corrected chi connectivity index (χ0v) is 11.9. The highest BCUT2D eigenvalue weighted by Gasteiger charge is 2.17. The van der Waals surface area contributed by atoms with Crippen LogP contribution in [0.15, 0.2) is 30.4 Å². The molecule has 0 saturated carbocycles. The van der Waals surface area contributed by atoms with Gasteiger partial charge in [0.2, 0.25) is 0 Å². The van der Waals surface area contributed by atoms with E-state index in [1.165, 1.54) is 0 Å². The van der Waals surface area contributed by atoms with Crippen LogP contribution in [-0.2, 0) is 9.53 Å². The Bertz CT molecular complexity index is 519. The number of ether oxygens (including phenoxy) is 1. The van der Waals surface area contributed by atoms with Gasteiger partial charge in [-0.25, -0.2) is 4.79 Å². The topological polar surface area (TPSA) is 46.5 Å². The molecule has 0 fully saturated rings. The van der Waals surface area contributed by atoms with Gasteiger partial charge in [0.05, 0.1) is 0 Å². The fourth-order valence-corrected chi connectivity index (χ4v) is 1.51. The van der Waals surface area contributed by atoms with Crippen LogP contribution in [0.5, 0.6) is 5.75 Å². The molecule has 0 aliphatic rings. The van der Waals surface area contributed by atoms with Gasteiger partial charge in [0.1, 0.15) is 11.4 Å². The Labute approximate surface area is 114 Å². The zero-order valence-electron chi connectivity index (χ0n) is 11.9. The molecule has 0 aliphatic heterocycles. The first kappa shape index (κ1) is 15.0. The molecule has 3 nitrogen and oxygen atoms in total. The maximum atomic E-state index is 11.8. The quantitative estimate of drug-likeness (QED) is 0.664. The monoisotopic (exact) mass is 260 g/mol. The van der Waals surface area contributed by atoms with Gasteiger partial charge in [0.15, 0.2) is 0 Å². The Kier molecular flexibility index (Phi) is 4.54. The normalized spacial score (nSPS) is 12.1. The molecule has 0 bridgehead atoms. The fourth-order valence-electron chi connectivity index (χ4n) is 1.51. The van der Waals surface area contributed by atoms with E-state index in [9.17, 15) is 9.90 Å². The molecule has 0 saturated heterocycles. The number of phenolic OH excluding ortho intramolecular Hbond substituents is 1. The molecule has 1 aromatic carbocycles. The SMILES string of the molecule is C=Cc1cccc(/C=C(\C)C(=O)OC(C)(C)C)c1O. The molecule has 1 aromatic rings. The first-order valence-electron chi connectivity index (χ1n) is 6.10. The van der Waals surface area contributed by atoms with Gasteiger partial charge >= 0.3 is 5.97 Å². The van der Waals surface area contributed by atoms with Crippen molar-refractivity contribution >= 4 is 18.1 Å². The number of aromatic hydroxyl groups is 1. The van der Waals surface area contributed by atoms with Crippen molar-refractivity contribution in [3.8, 4) is 5.75 Å². The van der Waals surface area contributed by atoms with E-state index in [2.05, 4.69) is 6.58 Å². The lowest BCUT2D eigenvalue weighted by Gasteiger charge is -2.19. The van der Waals surface area contributed by atoms with Crippen LogP contribution in [0.3, 0.4) is 0 Å². The molecule has 0 aliphatic carbocycles. The van der Waals surface area contributed by atoms with Crippen molar-refractivity contribution in [2.24, 2.45) is 0 Å². The van der Waals surface area contributed by atoms with Gasteiger partial charge in [-0.2, -0.15) is 0 Å².